The van der Waals surface area contributed by atoms with E-state index in [1.807, 2.05) is 25.1 Å². The predicted octanol–water partition coefficient (Wildman–Crippen LogP) is 4.24. The Morgan fingerprint density at radius 1 is 1.27 bits per heavy atom. The van der Waals surface area contributed by atoms with Crippen molar-refractivity contribution in [2.24, 2.45) is 5.16 Å². The number of fused-ring (bicyclic) bond motifs is 1. The zero-order chi connectivity index (χ0) is 21.1. The molecule has 2 heterocycles. The van der Waals surface area contributed by atoms with Gasteiger partial charge in [-0.25, -0.2) is 14.4 Å². The Balaban J connectivity index is 1.80. The number of halogens is 1. The lowest BCUT2D eigenvalue weighted by Crippen LogP contribution is -2.24. The summed E-state index contributed by atoms with van der Waals surface area (Å²) in [4.78, 5) is 18.4. The molecule has 0 bridgehead atoms. The first-order valence-electron chi connectivity index (χ1n) is 9.88. The molecule has 1 aromatic carbocycles. The molecule has 0 aliphatic heterocycles. The number of rotatable bonds is 5. The Labute approximate surface area is 175 Å². The van der Waals surface area contributed by atoms with Gasteiger partial charge in [-0.2, -0.15) is 0 Å². The highest BCUT2D eigenvalue weighted by atomic mass is 19.1. The second kappa shape index (κ2) is 8.57. The number of aromatic nitrogens is 3. The van der Waals surface area contributed by atoms with E-state index < -0.39 is 0 Å². The Morgan fingerprint density at radius 2 is 2.13 bits per heavy atom. The maximum absolute atomic E-state index is 14.1. The summed E-state index contributed by atoms with van der Waals surface area (Å²) in [7, 11) is 0. The van der Waals surface area contributed by atoms with Crippen molar-refractivity contribution in [1.29, 1.82) is 0 Å². The number of pyridine rings is 1. The van der Waals surface area contributed by atoms with E-state index in [9.17, 15) is 4.39 Å². The summed E-state index contributed by atoms with van der Waals surface area (Å²) in [5.74, 6) is -0.0236. The molecule has 0 saturated heterocycles. The van der Waals surface area contributed by atoms with E-state index >= 15 is 0 Å². The normalized spacial score (nSPS) is 17.0. The molecule has 2 N–H and O–H groups in total. The fourth-order valence-electron chi connectivity index (χ4n) is 3.97. The number of hydrogen-bond acceptors (Lipinski definition) is 6. The number of benzene rings is 1. The fourth-order valence-corrected chi connectivity index (χ4v) is 3.97. The molecule has 0 saturated carbocycles. The third-order valence-electron chi connectivity index (χ3n) is 5.19. The van der Waals surface area contributed by atoms with Gasteiger partial charge in [-0.3, -0.25) is 4.98 Å². The van der Waals surface area contributed by atoms with Crippen LogP contribution < -0.4 is 5.73 Å². The highest BCUT2D eigenvalue weighted by Crippen LogP contribution is 2.38. The molecule has 0 fully saturated rings. The van der Waals surface area contributed by atoms with E-state index in [4.69, 9.17) is 10.6 Å². The van der Waals surface area contributed by atoms with Gasteiger partial charge in [-0.15, -0.1) is 0 Å². The number of hydrogen-bond donors (Lipinski definition) is 1. The van der Waals surface area contributed by atoms with Gasteiger partial charge in [-0.1, -0.05) is 17.3 Å². The van der Waals surface area contributed by atoms with E-state index in [0.29, 0.717) is 25.9 Å². The molecule has 30 heavy (non-hydrogen) atoms. The lowest BCUT2D eigenvalue weighted by molar-refractivity contribution is 0.148. The van der Waals surface area contributed by atoms with E-state index in [1.54, 1.807) is 18.5 Å². The molecule has 1 unspecified atom stereocenters. The zero-order valence-electron chi connectivity index (χ0n) is 16.8. The molecule has 7 heteroatoms. The SMILES string of the molecule is [CH2]CCO/N=C1\CC(c2ccc(F)cc2-c2cccnc2)Cc2nc(N)nc(C)c21. The van der Waals surface area contributed by atoms with Gasteiger partial charge in [0.2, 0.25) is 5.95 Å². The smallest absolute Gasteiger partial charge is 0.220 e. The standard InChI is InChI=1S/C23H23FN5O/c1-3-9-30-29-21-11-16(10-20-22(21)14(2)27-23(25)28-20)18-7-6-17(24)12-19(18)15-5-4-8-26-13-15/h4-8,12-13,16H,1,3,9-11H2,2H3,(H2,25,27,28)/b29-21+. The monoisotopic (exact) mass is 404 g/mol. The molecule has 0 amide bonds. The van der Waals surface area contributed by atoms with Crippen molar-refractivity contribution in [2.75, 3.05) is 12.3 Å². The maximum atomic E-state index is 14.1. The van der Waals surface area contributed by atoms with Crippen LogP contribution in [0.15, 0.2) is 47.9 Å². The molecule has 0 spiro atoms. The van der Waals surface area contributed by atoms with E-state index in [1.165, 1.54) is 6.07 Å². The summed E-state index contributed by atoms with van der Waals surface area (Å²) in [5.41, 5.74) is 11.9. The Kier molecular flexibility index (Phi) is 5.70. The number of nitrogens with zero attached hydrogens (tertiary/aromatic N) is 4. The van der Waals surface area contributed by atoms with Gasteiger partial charge in [0.05, 0.1) is 17.1 Å². The highest BCUT2D eigenvalue weighted by Gasteiger charge is 2.30. The minimum absolute atomic E-state index is 0.0316. The fraction of sp³-hybridized carbons (Fsp3) is 0.261. The van der Waals surface area contributed by atoms with Crippen LogP contribution in [0.25, 0.3) is 11.1 Å². The van der Waals surface area contributed by atoms with Crippen LogP contribution in [0.3, 0.4) is 0 Å². The first-order valence-corrected chi connectivity index (χ1v) is 9.88. The summed E-state index contributed by atoms with van der Waals surface area (Å²) >= 11 is 0. The lowest BCUT2D eigenvalue weighted by Gasteiger charge is -2.28. The number of anilines is 1. The molecule has 153 valence electrons. The molecule has 1 aliphatic carbocycles. The Morgan fingerprint density at radius 3 is 2.90 bits per heavy atom. The highest BCUT2D eigenvalue weighted by molar-refractivity contribution is 6.03. The molecule has 3 aromatic rings. The van der Waals surface area contributed by atoms with Crippen LogP contribution in [-0.4, -0.2) is 27.3 Å². The zero-order valence-corrected chi connectivity index (χ0v) is 16.8. The van der Waals surface area contributed by atoms with Crippen LogP contribution in [0.4, 0.5) is 10.3 Å². The van der Waals surface area contributed by atoms with Gasteiger partial charge < -0.3 is 10.6 Å². The molecule has 1 aliphatic rings. The minimum Gasteiger partial charge on any atom is -0.396 e. The number of nitrogens with two attached hydrogens (primary N) is 1. The molecule has 4 rings (SSSR count). The van der Waals surface area contributed by atoms with Gasteiger partial charge in [0.1, 0.15) is 12.4 Å². The minimum atomic E-state index is -0.288. The van der Waals surface area contributed by atoms with Gasteiger partial charge in [0.25, 0.3) is 0 Å². The van der Waals surface area contributed by atoms with E-state index in [2.05, 4.69) is 27.0 Å². The Bertz CT molecular complexity index is 1080. The van der Waals surface area contributed by atoms with Gasteiger partial charge in [0, 0.05) is 29.9 Å². The quantitative estimate of drug-likeness (QED) is 0.508. The van der Waals surface area contributed by atoms with Gasteiger partial charge >= 0.3 is 0 Å². The van der Waals surface area contributed by atoms with Crippen LogP contribution in [0, 0.1) is 19.7 Å². The van der Waals surface area contributed by atoms with E-state index in [0.717, 1.165) is 39.4 Å². The molecular weight excluding hydrogens is 381 g/mol. The second-order valence-electron chi connectivity index (χ2n) is 7.29. The average molecular weight is 404 g/mol. The van der Waals surface area contributed by atoms with Crippen LogP contribution in [0.1, 0.15) is 41.3 Å². The van der Waals surface area contributed by atoms with Gasteiger partial charge in [0.15, 0.2) is 0 Å². The van der Waals surface area contributed by atoms with Crippen LogP contribution in [0.2, 0.25) is 0 Å². The molecule has 2 aromatic heterocycles. The van der Waals surface area contributed by atoms with E-state index in [-0.39, 0.29) is 17.7 Å². The summed E-state index contributed by atoms with van der Waals surface area (Å²) < 4.78 is 14.1. The van der Waals surface area contributed by atoms with Crippen molar-refractivity contribution >= 4 is 11.7 Å². The van der Waals surface area contributed by atoms with Crippen molar-refractivity contribution in [3.05, 3.63) is 78.0 Å². The molecule has 1 atom stereocenters. The average Bonchev–Trinajstić information content (AvgIpc) is 2.73. The summed E-state index contributed by atoms with van der Waals surface area (Å²) in [6.07, 6.45) is 5.33. The summed E-state index contributed by atoms with van der Waals surface area (Å²) in [5, 5.41) is 4.37. The number of aryl methyl sites for hydroxylation is 1. The van der Waals surface area contributed by atoms with Gasteiger partial charge in [-0.05, 0) is 61.9 Å². The largest absolute Gasteiger partial charge is 0.396 e. The summed E-state index contributed by atoms with van der Waals surface area (Å²) in [6.45, 7) is 6.10. The second-order valence-corrected chi connectivity index (χ2v) is 7.29. The number of oxime groups is 1. The topological polar surface area (TPSA) is 86.3 Å². The first kappa shape index (κ1) is 19.9. The van der Waals surface area contributed by atoms with Crippen LogP contribution in [-0.2, 0) is 11.3 Å². The summed E-state index contributed by atoms with van der Waals surface area (Å²) in [6, 6.07) is 8.65. The lowest BCUT2D eigenvalue weighted by atomic mass is 9.78. The van der Waals surface area contributed by atoms with Crippen molar-refractivity contribution in [2.45, 2.75) is 32.1 Å². The van der Waals surface area contributed by atoms with Crippen LogP contribution in [0.5, 0.6) is 0 Å². The number of nitrogen functional groups attached to an aromatic ring is 1. The van der Waals surface area contributed by atoms with Crippen molar-refractivity contribution in [3.8, 4) is 11.1 Å². The van der Waals surface area contributed by atoms with Crippen molar-refractivity contribution in [3.63, 3.8) is 0 Å². The third-order valence-corrected chi connectivity index (χ3v) is 5.19. The maximum Gasteiger partial charge on any atom is 0.220 e. The molecule has 6 nitrogen and oxygen atoms in total. The Hall–Kier alpha value is -3.35. The first-order chi connectivity index (χ1) is 14.6. The van der Waals surface area contributed by atoms with Crippen molar-refractivity contribution in [1.82, 2.24) is 15.0 Å². The molecular formula is C23H23FN5O. The van der Waals surface area contributed by atoms with Crippen LogP contribution >= 0.6 is 0 Å². The molecule has 1 radical (unpaired) electrons. The third kappa shape index (κ3) is 4.01. The predicted molar refractivity (Wildman–Crippen MR) is 114 cm³/mol. The van der Waals surface area contributed by atoms with Crippen molar-refractivity contribution < 1.29 is 9.23 Å².